The Labute approximate surface area is 179 Å². The van der Waals surface area contributed by atoms with Crippen LogP contribution in [-0.2, 0) is 12.8 Å². The molecule has 1 aromatic rings. The molecule has 0 bridgehead atoms. The molecule has 3 rings (SSSR count). The lowest BCUT2D eigenvalue weighted by molar-refractivity contribution is 0.246. The molecule has 7 nitrogen and oxygen atoms in total. The second-order valence-corrected chi connectivity index (χ2v) is 9.45. The Morgan fingerprint density at radius 1 is 1.14 bits per heavy atom. The largest absolute Gasteiger partial charge is 0.362 e. The van der Waals surface area contributed by atoms with Gasteiger partial charge in [0.2, 0.25) is 5.95 Å². The van der Waals surface area contributed by atoms with Gasteiger partial charge in [-0.2, -0.15) is 4.98 Å². The third kappa shape index (κ3) is 6.39. The Hall–Kier alpha value is -1.70. The van der Waals surface area contributed by atoms with E-state index < -0.39 is 0 Å². The summed E-state index contributed by atoms with van der Waals surface area (Å²) in [5.41, 5.74) is 2.55. The number of anilines is 2. The lowest BCUT2D eigenvalue weighted by Crippen LogP contribution is -2.35. The van der Waals surface area contributed by atoms with Crippen LogP contribution in [0.5, 0.6) is 0 Å². The van der Waals surface area contributed by atoms with Gasteiger partial charge in [0.15, 0.2) is 0 Å². The molecule has 29 heavy (non-hydrogen) atoms. The Kier molecular flexibility index (Phi) is 8.27. The topological polar surface area (TPSA) is 82.2 Å². The van der Waals surface area contributed by atoms with E-state index in [1.807, 2.05) is 0 Å². The van der Waals surface area contributed by atoms with Gasteiger partial charge in [-0.3, -0.25) is 4.72 Å². The van der Waals surface area contributed by atoms with Crippen molar-refractivity contribution in [2.75, 3.05) is 30.9 Å². The molecule has 162 valence electrons. The van der Waals surface area contributed by atoms with Crippen molar-refractivity contribution in [2.24, 2.45) is 0 Å². The van der Waals surface area contributed by atoms with E-state index in [0.29, 0.717) is 11.3 Å². The number of carbonyl (C=O) groups is 1. The molecule has 1 fully saturated rings. The highest BCUT2D eigenvalue weighted by molar-refractivity contribution is 7.98. The molecule has 1 saturated carbocycles. The van der Waals surface area contributed by atoms with Crippen molar-refractivity contribution in [1.82, 2.24) is 20.0 Å². The molecule has 0 aliphatic heterocycles. The molecule has 0 spiro atoms. The molecular weight excluding hydrogens is 384 g/mol. The average molecular weight is 421 g/mol. The number of unbranched alkanes of at least 4 members (excludes halogenated alkanes) is 1. The van der Waals surface area contributed by atoms with Gasteiger partial charge in [0, 0.05) is 37.5 Å². The Morgan fingerprint density at radius 3 is 2.62 bits per heavy atom. The normalized spacial score (nSPS) is 21.2. The first-order chi connectivity index (χ1) is 14.1. The van der Waals surface area contributed by atoms with Crippen LogP contribution >= 0.6 is 11.9 Å². The van der Waals surface area contributed by atoms with Crippen molar-refractivity contribution in [3.8, 4) is 0 Å². The summed E-state index contributed by atoms with van der Waals surface area (Å²) in [7, 11) is 4.13. The first-order valence-corrected chi connectivity index (χ1v) is 12.0. The summed E-state index contributed by atoms with van der Waals surface area (Å²) in [6.45, 7) is 2.87. The predicted molar refractivity (Wildman–Crippen MR) is 122 cm³/mol. The molecule has 1 heterocycles. The maximum absolute atomic E-state index is 11.8. The minimum Gasteiger partial charge on any atom is -0.362 e. The quantitative estimate of drug-likeness (QED) is 0.437. The van der Waals surface area contributed by atoms with Crippen LogP contribution in [-0.4, -0.2) is 47.9 Å². The number of fused-ring (bicyclic) bond motifs is 1. The average Bonchev–Trinajstić information content (AvgIpc) is 2.73. The van der Waals surface area contributed by atoms with E-state index in [-0.39, 0.29) is 6.03 Å². The highest BCUT2D eigenvalue weighted by Crippen LogP contribution is 2.31. The third-order valence-electron chi connectivity index (χ3n) is 5.73. The Balaban J connectivity index is 1.47. The molecular formula is C21H36N6OS. The lowest BCUT2D eigenvalue weighted by atomic mass is 9.95. The van der Waals surface area contributed by atoms with E-state index in [0.717, 1.165) is 69.7 Å². The number of hydrogen-bond acceptors (Lipinski definition) is 6. The minimum absolute atomic E-state index is 0.0672. The number of rotatable bonds is 8. The van der Waals surface area contributed by atoms with Crippen molar-refractivity contribution >= 4 is 29.7 Å². The SMILES string of the molecule is CCCCNC(=O)NSC1CCC(Nc2nc3c(c(N(C)C)n2)CCCC3)CC1. The third-order valence-corrected chi connectivity index (χ3v) is 6.83. The monoisotopic (exact) mass is 420 g/mol. The van der Waals surface area contributed by atoms with Crippen LogP contribution in [0.3, 0.4) is 0 Å². The molecule has 0 radical (unpaired) electrons. The number of nitrogens with zero attached hydrogens (tertiary/aromatic N) is 3. The highest BCUT2D eigenvalue weighted by atomic mass is 32.2. The van der Waals surface area contributed by atoms with Gasteiger partial charge in [-0.25, -0.2) is 9.78 Å². The number of hydrogen-bond donors (Lipinski definition) is 3. The zero-order valence-corrected chi connectivity index (χ0v) is 18.9. The van der Waals surface area contributed by atoms with Crippen LogP contribution in [0.25, 0.3) is 0 Å². The molecule has 2 aliphatic rings. The van der Waals surface area contributed by atoms with E-state index in [1.165, 1.54) is 24.1 Å². The number of nitrogens with one attached hydrogen (secondary N) is 3. The molecule has 3 N–H and O–H groups in total. The van der Waals surface area contributed by atoms with Crippen molar-refractivity contribution in [3.63, 3.8) is 0 Å². The maximum atomic E-state index is 11.8. The van der Waals surface area contributed by atoms with Gasteiger partial charge in [-0.05, 0) is 69.7 Å². The summed E-state index contributed by atoms with van der Waals surface area (Å²) in [6, 6.07) is 0.337. The van der Waals surface area contributed by atoms with Gasteiger partial charge in [0.05, 0.1) is 5.69 Å². The van der Waals surface area contributed by atoms with Gasteiger partial charge in [-0.1, -0.05) is 13.3 Å². The van der Waals surface area contributed by atoms with Crippen LogP contribution < -0.4 is 20.3 Å². The van der Waals surface area contributed by atoms with Crippen molar-refractivity contribution < 1.29 is 4.79 Å². The molecule has 0 aromatic carbocycles. The maximum Gasteiger partial charge on any atom is 0.324 e. The smallest absolute Gasteiger partial charge is 0.324 e. The van der Waals surface area contributed by atoms with Gasteiger partial charge >= 0.3 is 6.03 Å². The summed E-state index contributed by atoms with van der Waals surface area (Å²) in [5, 5.41) is 6.97. The number of aromatic nitrogens is 2. The Morgan fingerprint density at radius 2 is 1.90 bits per heavy atom. The molecule has 0 atom stereocenters. The number of urea groups is 1. The fraction of sp³-hybridized carbons (Fsp3) is 0.762. The molecule has 0 unspecified atom stereocenters. The summed E-state index contributed by atoms with van der Waals surface area (Å²) in [5.74, 6) is 1.85. The highest BCUT2D eigenvalue weighted by Gasteiger charge is 2.24. The van der Waals surface area contributed by atoms with E-state index in [4.69, 9.17) is 9.97 Å². The van der Waals surface area contributed by atoms with Crippen molar-refractivity contribution in [1.29, 1.82) is 0 Å². The van der Waals surface area contributed by atoms with E-state index in [2.05, 4.69) is 41.3 Å². The molecule has 0 saturated heterocycles. The van der Waals surface area contributed by atoms with E-state index >= 15 is 0 Å². The summed E-state index contributed by atoms with van der Waals surface area (Å²) < 4.78 is 2.95. The second kappa shape index (κ2) is 10.9. The first kappa shape index (κ1) is 22.0. The van der Waals surface area contributed by atoms with E-state index in [9.17, 15) is 4.79 Å². The number of aryl methyl sites for hydroxylation is 1. The molecule has 1 aromatic heterocycles. The van der Waals surface area contributed by atoms with Gasteiger partial charge in [-0.15, -0.1) is 0 Å². The second-order valence-electron chi connectivity index (χ2n) is 8.34. The van der Waals surface area contributed by atoms with Crippen LogP contribution in [0.2, 0.25) is 0 Å². The summed E-state index contributed by atoms with van der Waals surface area (Å²) in [4.78, 5) is 23.6. The van der Waals surface area contributed by atoms with Crippen molar-refractivity contribution in [3.05, 3.63) is 11.3 Å². The lowest BCUT2D eigenvalue weighted by Gasteiger charge is -2.29. The van der Waals surface area contributed by atoms with Gasteiger partial charge in [0.25, 0.3) is 0 Å². The van der Waals surface area contributed by atoms with Gasteiger partial charge < -0.3 is 15.5 Å². The molecule has 8 heteroatoms. The van der Waals surface area contributed by atoms with E-state index in [1.54, 1.807) is 11.9 Å². The van der Waals surface area contributed by atoms with Gasteiger partial charge in [0.1, 0.15) is 5.82 Å². The predicted octanol–water partition coefficient (Wildman–Crippen LogP) is 3.89. The Bertz CT molecular complexity index is 675. The van der Waals surface area contributed by atoms with Crippen LogP contribution in [0.1, 0.15) is 69.5 Å². The zero-order chi connectivity index (χ0) is 20.6. The zero-order valence-electron chi connectivity index (χ0n) is 18.1. The molecule has 2 amide bonds. The summed E-state index contributed by atoms with van der Waals surface area (Å²) in [6.07, 6.45) is 11.0. The number of carbonyl (C=O) groups excluding carboxylic acids is 1. The summed E-state index contributed by atoms with van der Waals surface area (Å²) >= 11 is 1.57. The van der Waals surface area contributed by atoms with Crippen LogP contribution in [0, 0.1) is 0 Å². The standard InChI is InChI=1S/C21H36N6OS/c1-4-5-14-22-21(28)26-29-16-12-10-15(11-13-16)23-20-24-18-9-7-6-8-17(18)19(25-20)27(2)3/h15-16H,4-14H2,1-3H3,(H2,22,26,28)(H,23,24,25). The first-order valence-electron chi connectivity index (χ1n) is 11.1. The fourth-order valence-electron chi connectivity index (χ4n) is 4.07. The minimum atomic E-state index is -0.0672. The van der Waals surface area contributed by atoms with Crippen LogP contribution in [0.15, 0.2) is 0 Å². The number of amides is 2. The van der Waals surface area contributed by atoms with Crippen LogP contribution in [0.4, 0.5) is 16.6 Å². The van der Waals surface area contributed by atoms with Crippen molar-refractivity contribution in [2.45, 2.75) is 82.4 Å². The molecule has 2 aliphatic carbocycles. The fourth-order valence-corrected chi connectivity index (χ4v) is 4.92.